The number of ether oxygens (including phenoxy) is 1. The zero-order valence-corrected chi connectivity index (χ0v) is 19.7. The molecule has 1 aliphatic heterocycles. The van der Waals surface area contributed by atoms with Crippen LogP contribution < -0.4 is 15.0 Å². The van der Waals surface area contributed by atoms with E-state index in [0.717, 1.165) is 4.90 Å². The minimum Gasteiger partial charge on any atom is -0.494 e. The van der Waals surface area contributed by atoms with E-state index in [1.165, 1.54) is 29.2 Å². The van der Waals surface area contributed by atoms with Crippen LogP contribution in [0.5, 0.6) is 5.75 Å². The minimum atomic E-state index is -1.04. The largest absolute Gasteiger partial charge is 0.494 e. The van der Waals surface area contributed by atoms with Gasteiger partial charge in [-0.2, -0.15) is 0 Å². The van der Waals surface area contributed by atoms with Gasteiger partial charge in [0.25, 0.3) is 5.91 Å². The van der Waals surface area contributed by atoms with E-state index in [2.05, 4.69) is 5.32 Å². The van der Waals surface area contributed by atoms with E-state index in [4.69, 9.17) is 16.3 Å². The van der Waals surface area contributed by atoms with Gasteiger partial charge in [-0.3, -0.25) is 9.59 Å². The highest BCUT2D eigenvalue weighted by Gasteiger charge is 2.46. The molecule has 1 heterocycles. The van der Waals surface area contributed by atoms with Crippen LogP contribution in [0.15, 0.2) is 72.8 Å². The minimum absolute atomic E-state index is 0.0376. The third kappa shape index (κ3) is 5.60. The third-order valence-corrected chi connectivity index (χ3v) is 5.75. The van der Waals surface area contributed by atoms with Gasteiger partial charge in [0.2, 0.25) is 5.91 Å². The molecule has 180 valence electrons. The van der Waals surface area contributed by atoms with Crippen molar-refractivity contribution in [1.82, 2.24) is 4.90 Å². The van der Waals surface area contributed by atoms with Gasteiger partial charge in [0, 0.05) is 17.3 Å². The first-order valence-corrected chi connectivity index (χ1v) is 11.4. The Bertz CT molecular complexity index is 1220. The number of amides is 4. The topological polar surface area (TPSA) is 79.0 Å². The molecule has 1 fully saturated rings. The lowest BCUT2D eigenvalue weighted by Crippen LogP contribution is -2.37. The van der Waals surface area contributed by atoms with Gasteiger partial charge >= 0.3 is 6.03 Å². The Labute approximate surface area is 207 Å². The Kier molecular flexibility index (Phi) is 7.31. The van der Waals surface area contributed by atoms with Crippen molar-refractivity contribution in [3.05, 3.63) is 89.2 Å². The Balaban J connectivity index is 1.56. The Hall–Kier alpha value is -3.91. The number of benzene rings is 3. The van der Waals surface area contributed by atoms with E-state index in [1.807, 2.05) is 6.92 Å². The smallest absolute Gasteiger partial charge is 0.332 e. The van der Waals surface area contributed by atoms with Gasteiger partial charge in [0.1, 0.15) is 17.6 Å². The lowest BCUT2D eigenvalue weighted by Gasteiger charge is -2.21. The lowest BCUT2D eigenvalue weighted by atomic mass is 10.1. The number of carbonyl (C=O) groups is 3. The molecule has 4 amide bonds. The second kappa shape index (κ2) is 10.6. The summed E-state index contributed by atoms with van der Waals surface area (Å²) in [6, 6.07) is 17.2. The number of nitrogens with one attached hydrogen (secondary N) is 1. The molecule has 0 unspecified atom stereocenters. The molecule has 1 atom stereocenters. The molecule has 0 aliphatic carbocycles. The van der Waals surface area contributed by atoms with Crippen molar-refractivity contribution in [3.63, 3.8) is 0 Å². The first-order chi connectivity index (χ1) is 16.9. The molecule has 0 saturated carbocycles. The first-order valence-electron chi connectivity index (χ1n) is 11.0. The van der Waals surface area contributed by atoms with Crippen LogP contribution in [0.3, 0.4) is 0 Å². The predicted molar refractivity (Wildman–Crippen MR) is 131 cm³/mol. The number of nitrogens with zero attached hydrogens (tertiary/aromatic N) is 2. The summed E-state index contributed by atoms with van der Waals surface area (Å²) in [7, 11) is 0. The molecule has 0 radical (unpaired) electrons. The molecule has 0 spiro atoms. The molecule has 4 rings (SSSR count). The number of halogens is 2. The SMILES string of the molecule is CCOc1ccc(NC(=O)C[C@H]2C(=O)N(c3ccc(Cl)cc3)C(=O)N2Cc2ccc(F)cc2)cc1. The van der Waals surface area contributed by atoms with Crippen LogP contribution in [-0.4, -0.2) is 35.4 Å². The van der Waals surface area contributed by atoms with Gasteiger partial charge in [0.15, 0.2) is 0 Å². The number of carbonyl (C=O) groups excluding carboxylic acids is 3. The number of hydrogen-bond acceptors (Lipinski definition) is 4. The molecule has 0 aromatic heterocycles. The zero-order chi connectivity index (χ0) is 24.9. The fourth-order valence-electron chi connectivity index (χ4n) is 3.82. The van der Waals surface area contributed by atoms with Gasteiger partial charge in [-0.05, 0) is 73.2 Å². The van der Waals surface area contributed by atoms with E-state index in [-0.39, 0.29) is 13.0 Å². The number of urea groups is 1. The van der Waals surface area contributed by atoms with Crippen molar-refractivity contribution in [3.8, 4) is 5.75 Å². The number of anilines is 2. The van der Waals surface area contributed by atoms with Crippen LogP contribution in [0.1, 0.15) is 18.9 Å². The summed E-state index contributed by atoms with van der Waals surface area (Å²) in [5.41, 5.74) is 1.51. The third-order valence-electron chi connectivity index (χ3n) is 5.50. The standard InChI is InChI=1S/C26H23ClFN3O4/c1-2-35-22-13-9-20(10-14-22)29-24(32)15-23-25(33)31(21-11-5-18(27)6-12-21)26(34)30(23)16-17-3-7-19(28)8-4-17/h3-14,23H,2,15-16H2,1H3,(H,29,32)/t23-/m0/s1. The molecule has 7 nitrogen and oxygen atoms in total. The van der Waals surface area contributed by atoms with Crippen LogP contribution in [0.2, 0.25) is 5.02 Å². The van der Waals surface area contributed by atoms with Crippen molar-refractivity contribution in [2.45, 2.75) is 25.9 Å². The predicted octanol–water partition coefficient (Wildman–Crippen LogP) is 5.24. The Morgan fingerprint density at radius 1 is 1.00 bits per heavy atom. The molecule has 1 aliphatic rings. The molecule has 1 N–H and O–H groups in total. The average molecular weight is 496 g/mol. The number of imide groups is 1. The van der Waals surface area contributed by atoms with Crippen molar-refractivity contribution in [2.24, 2.45) is 0 Å². The highest BCUT2D eigenvalue weighted by molar-refractivity contribution is 6.30. The molecule has 3 aromatic carbocycles. The summed E-state index contributed by atoms with van der Waals surface area (Å²) in [5, 5.41) is 3.22. The quantitative estimate of drug-likeness (QED) is 0.433. The fraction of sp³-hybridized carbons (Fsp3) is 0.192. The van der Waals surface area contributed by atoms with Crippen LogP contribution in [0, 0.1) is 5.82 Å². The monoisotopic (exact) mass is 495 g/mol. The van der Waals surface area contributed by atoms with Crippen LogP contribution in [-0.2, 0) is 16.1 Å². The van der Waals surface area contributed by atoms with Gasteiger partial charge in [-0.25, -0.2) is 14.1 Å². The van der Waals surface area contributed by atoms with E-state index in [0.29, 0.717) is 34.3 Å². The van der Waals surface area contributed by atoms with E-state index < -0.39 is 29.7 Å². The summed E-state index contributed by atoms with van der Waals surface area (Å²) < 4.78 is 18.8. The maximum Gasteiger partial charge on any atom is 0.332 e. The Morgan fingerprint density at radius 2 is 1.66 bits per heavy atom. The summed E-state index contributed by atoms with van der Waals surface area (Å²) in [4.78, 5) is 41.8. The summed E-state index contributed by atoms with van der Waals surface area (Å²) in [5.74, 6) is -0.693. The van der Waals surface area contributed by atoms with Crippen molar-refractivity contribution < 1.29 is 23.5 Å². The van der Waals surface area contributed by atoms with Crippen molar-refractivity contribution in [2.75, 3.05) is 16.8 Å². The van der Waals surface area contributed by atoms with Gasteiger partial charge in [-0.1, -0.05) is 23.7 Å². The first kappa shape index (κ1) is 24.2. The highest BCUT2D eigenvalue weighted by Crippen LogP contribution is 2.29. The summed E-state index contributed by atoms with van der Waals surface area (Å²) in [6.45, 7) is 2.44. The molecule has 1 saturated heterocycles. The second-order valence-corrected chi connectivity index (χ2v) is 8.35. The van der Waals surface area contributed by atoms with Crippen molar-refractivity contribution >= 4 is 40.8 Å². The zero-order valence-electron chi connectivity index (χ0n) is 18.9. The van der Waals surface area contributed by atoms with E-state index in [9.17, 15) is 18.8 Å². The molecule has 0 bridgehead atoms. The maximum atomic E-state index is 13.4. The molecular weight excluding hydrogens is 473 g/mol. The molecule has 9 heteroatoms. The average Bonchev–Trinajstić information content (AvgIpc) is 3.06. The lowest BCUT2D eigenvalue weighted by molar-refractivity contribution is -0.124. The fourth-order valence-corrected chi connectivity index (χ4v) is 3.94. The normalized spacial score (nSPS) is 15.5. The van der Waals surface area contributed by atoms with Crippen LogP contribution >= 0.6 is 11.6 Å². The van der Waals surface area contributed by atoms with E-state index >= 15 is 0 Å². The number of rotatable bonds is 8. The molecular formula is C26H23ClFN3O4. The molecule has 35 heavy (non-hydrogen) atoms. The maximum absolute atomic E-state index is 13.4. The highest BCUT2D eigenvalue weighted by atomic mass is 35.5. The van der Waals surface area contributed by atoms with Gasteiger partial charge < -0.3 is 15.0 Å². The van der Waals surface area contributed by atoms with Gasteiger partial charge in [0.05, 0.1) is 18.7 Å². The van der Waals surface area contributed by atoms with Crippen LogP contribution in [0.4, 0.5) is 20.6 Å². The van der Waals surface area contributed by atoms with Gasteiger partial charge in [-0.15, -0.1) is 0 Å². The summed E-state index contributed by atoms with van der Waals surface area (Å²) in [6.07, 6.45) is -0.247. The van der Waals surface area contributed by atoms with Crippen molar-refractivity contribution in [1.29, 1.82) is 0 Å². The Morgan fingerprint density at radius 3 is 2.29 bits per heavy atom. The molecule has 3 aromatic rings. The number of hydrogen-bond donors (Lipinski definition) is 1. The second-order valence-electron chi connectivity index (χ2n) is 7.91. The van der Waals surface area contributed by atoms with Crippen LogP contribution in [0.25, 0.3) is 0 Å². The van der Waals surface area contributed by atoms with E-state index in [1.54, 1.807) is 48.5 Å². The summed E-state index contributed by atoms with van der Waals surface area (Å²) >= 11 is 5.95.